The van der Waals surface area contributed by atoms with Crippen molar-refractivity contribution >= 4 is 31.4 Å². The number of halogens is 1. The lowest BCUT2D eigenvalue weighted by atomic mass is 10.3. The molecule has 0 saturated carbocycles. The quantitative estimate of drug-likeness (QED) is 0.346. The summed E-state index contributed by atoms with van der Waals surface area (Å²) in [6.45, 7) is -0.548. The molecule has 0 bridgehead atoms. The summed E-state index contributed by atoms with van der Waals surface area (Å²) < 4.78 is 31.8. The molecule has 0 saturated heterocycles. The molecule has 0 amide bonds. The first-order valence-corrected chi connectivity index (χ1v) is 6.99. The largest absolute Gasteiger partial charge is 0.480 e. The average molecular weight is 310 g/mol. The van der Waals surface area contributed by atoms with Gasteiger partial charge >= 0.3 is 5.97 Å². The minimum Gasteiger partial charge on any atom is -0.480 e. The number of ether oxygens (including phenoxy) is 2. The van der Waals surface area contributed by atoms with Gasteiger partial charge in [0.15, 0.2) is 6.61 Å². The summed E-state index contributed by atoms with van der Waals surface area (Å²) in [5.41, 5.74) is -0.468. The van der Waals surface area contributed by atoms with Crippen molar-refractivity contribution in [3.8, 4) is 5.75 Å². The number of methoxy groups -OCH3 is 1. The summed E-state index contributed by atoms with van der Waals surface area (Å²) >= 11 is 0. The molecule has 0 aliphatic rings. The molecule has 0 aliphatic carbocycles. The molecule has 0 fully saturated rings. The second-order valence-electron chi connectivity index (χ2n) is 3.19. The monoisotopic (exact) mass is 309 g/mol. The van der Waals surface area contributed by atoms with Crippen LogP contribution in [-0.2, 0) is 18.6 Å². The fourth-order valence-electron chi connectivity index (χ4n) is 1.12. The molecule has 0 atom stereocenters. The van der Waals surface area contributed by atoms with Crippen molar-refractivity contribution in [3.63, 3.8) is 0 Å². The van der Waals surface area contributed by atoms with E-state index < -0.39 is 37.1 Å². The summed E-state index contributed by atoms with van der Waals surface area (Å²) in [5.74, 6) is -1.01. The summed E-state index contributed by atoms with van der Waals surface area (Å²) in [6.07, 6.45) is 0. The van der Waals surface area contributed by atoms with Crippen LogP contribution in [0.25, 0.3) is 0 Å². The van der Waals surface area contributed by atoms with E-state index in [1.165, 1.54) is 0 Å². The third kappa shape index (κ3) is 4.07. The second-order valence-corrected chi connectivity index (χ2v) is 5.73. The molecule has 104 valence electrons. The van der Waals surface area contributed by atoms with Crippen LogP contribution in [-0.4, -0.2) is 33.0 Å². The van der Waals surface area contributed by atoms with Gasteiger partial charge in [-0.2, -0.15) is 0 Å². The van der Waals surface area contributed by atoms with E-state index >= 15 is 0 Å². The van der Waals surface area contributed by atoms with Crippen molar-refractivity contribution in [3.05, 3.63) is 28.3 Å². The van der Waals surface area contributed by atoms with Gasteiger partial charge in [-0.1, -0.05) is 0 Å². The van der Waals surface area contributed by atoms with E-state index in [0.717, 1.165) is 25.3 Å². The molecule has 0 spiro atoms. The van der Waals surface area contributed by atoms with Gasteiger partial charge in [0, 0.05) is 22.8 Å². The Morgan fingerprint density at radius 1 is 1.47 bits per heavy atom. The zero-order chi connectivity index (χ0) is 14.6. The van der Waals surface area contributed by atoms with Crippen LogP contribution < -0.4 is 4.74 Å². The van der Waals surface area contributed by atoms with E-state index in [4.69, 9.17) is 15.4 Å². The van der Waals surface area contributed by atoms with E-state index in [1.807, 2.05) is 0 Å². The fourth-order valence-corrected chi connectivity index (χ4v) is 2.11. The lowest BCUT2D eigenvalue weighted by Crippen LogP contribution is -2.13. The first kappa shape index (κ1) is 15.2. The lowest BCUT2D eigenvalue weighted by Gasteiger charge is -2.08. The Bertz CT molecular complexity index is 613. The minimum atomic E-state index is -4.25. The molecule has 1 rings (SSSR count). The predicted octanol–water partition coefficient (Wildman–Crippen LogP) is 1.07. The minimum absolute atomic E-state index is 0.272. The highest BCUT2D eigenvalue weighted by Gasteiger charge is 2.22. The molecular weight excluding hydrogens is 302 g/mol. The van der Waals surface area contributed by atoms with Crippen LogP contribution in [0.3, 0.4) is 0 Å². The molecule has 8 nitrogen and oxygen atoms in total. The van der Waals surface area contributed by atoms with E-state index in [1.54, 1.807) is 0 Å². The topological polar surface area (TPSA) is 113 Å². The lowest BCUT2D eigenvalue weighted by molar-refractivity contribution is -0.385. The van der Waals surface area contributed by atoms with Crippen LogP contribution in [0.5, 0.6) is 5.75 Å². The van der Waals surface area contributed by atoms with Crippen LogP contribution in [0.1, 0.15) is 0 Å². The van der Waals surface area contributed by atoms with Crippen LogP contribution in [0, 0.1) is 10.1 Å². The molecular formula is C9H8ClNO7S. The first-order valence-electron chi connectivity index (χ1n) is 4.68. The molecule has 0 N–H and O–H groups in total. The number of carbonyl (C=O) groups excluding carboxylic acids is 1. The zero-order valence-corrected chi connectivity index (χ0v) is 11.1. The highest BCUT2D eigenvalue weighted by atomic mass is 35.7. The smallest absolute Gasteiger partial charge is 0.343 e. The molecule has 0 radical (unpaired) electrons. The standard InChI is InChI=1S/C9H8ClNO7S/c1-17-9(12)5-18-7-3-2-6(11(13)14)4-8(7)19(10,15)16/h2-4H,5H2,1H3. The van der Waals surface area contributed by atoms with Gasteiger partial charge in [0.25, 0.3) is 14.7 Å². The van der Waals surface area contributed by atoms with E-state index in [-0.39, 0.29) is 5.75 Å². The number of nitro groups is 1. The highest BCUT2D eigenvalue weighted by Crippen LogP contribution is 2.30. The number of esters is 1. The predicted molar refractivity (Wildman–Crippen MR) is 63.6 cm³/mol. The number of benzene rings is 1. The van der Waals surface area contributed by atoms with Gasteiger partial charge in [-0.25, -0.2) is 13.2 Å². The molecule has 0 heterocycles. The van der Waals surface area contributed by atoms with E-state index in [0.29, 0.717) is 0 Å². The molecule has 0 aliphatic heterocycles. The maximum absolute atomic E-state index is 11.3. The van der Waals surface area contributed by atoms with Crippen LogP contribution in [0.4, 0.5) is 5.69 Å². The Morgan fingerprint density at radius 2 is 2.11 bits per heavy atom. The Kier molecular flexibility index (Phi) is 4.67. The van der Waals surface area contributed by atoms with Crippen molar-refractivity contribution in [1.29, 1.82) is 0 Å². The summed E-state index contributed by atoms with van der Waals surface area (Å²) in [4.78, 5) is 20.1. The number of rotatable bonds is 5. The Labute approximate surface area is 112 Å². The van der Waals surface area contributed by atoms with Crippen LogP contribution in [0.2, 0.25) is 0 Å². The Morgan fingerprint density at radius 3 is 2.58 bits per heavy atom. The summed E-state index contributed by atoms with van der Waals surface area (Å²) in [7, 11) is 2.02. The second kappa shape index (κ2) is 5.85. The molecule has 10 heteroatoms. The zero-order valence-electron chi connectivity index (χ0n) is 9.53. The van der Waals surface area contributed by atoms with Gasteiger partial charge in [-0.05, 0) is 6.07 Å². The maximum Gasteiger partial charge on any atom is 0.343 e. The molecule has 1 aromatic carbocycles. The Hall–Kier alpha value is -1.87. The number of non-ortho nitro benzene ring substituents is 1. The molecule has 0 aromatic heterocycles. The molecule has 1 aromatic rings. The van der Waals surface area contributed by atoms with Gasteiger partial charge in [0.05, 0.1) is 12.0 Å². The summed E-state index contributed by atoms with van der Waals surface area (Å²) in [6, 6.07) is 2.81. The number of hydrogen-bond donors (Lipinski definition) is 0. The van der Waals surface area contributed by atoms with Gasteiger partial charge in [0.1, 0.15) is 10.6 Å². The fraction of sp³-hybridized carbons (Fsp3) is 0.222. The van der Waals surface area contributed by atoms with Crippen molar-refractivity contribution < 1.29 is 27.6 Å². The van der Waals surface area contributed by atoms with Crippen molar-refractivity contribution in [1.82, 2.24) is 0 Å². The average Bonchev–Trinajstić information content (AvgIpc) is 2.34. The third-order valence-corrected chi connectivity index (χ3v) is 3.32. The van der Waals surface area contributed by atoms with Gasteiger partial charge in [-0.3, -0.25) is 10.1 Å². The first-order chi connectivity index (χ1) is 8.75. The highest BCUT2D eigenvalue weighted by molar-refractivity contribution is 8.13. The van der Waals surface area contributed by atoms with Crippen LogP contribution in [0.15, 0.2) is 23.1 Å². The van der Waals surface area contributed by atoms with Gasteiger partial charge < -0.3 is 9.47 Å². The third-order valence-electron chi connectivity index (χ3n) is 1.97. The van der Waals surface area contributed by atoms with E-state index in [2.05, 4.69) is 4.74 Å². The van der Waals surface area contributed by atoms with Gasteiger partial charge in [0.2, 0.25) is 0 Å². The Balaban J connectivity index is 3.17. The maximum atomic E-state index is 11.3. The summed E-state index contributed by atoms with van der Waals surface area (Å²) in [5, 5.41) is 10.6. The van der Waals surface area contributed by atoms with E-state index in [9.17, 15) is 23.3 Å². The number of nitro benzene ring substituents is 1. The normalized spacial score (nSPS) is 10.8. The number of carbonyl (C=O) groups is 1. The van der Waals surface area contributed by atoms with Crippen LogP contribution >= 0.6 is 10.7 Å². The number of nitrogens with zero attached hydrogens (tertiary/aromatic N) is 1. The molecule has 19 heavy (non-hydrogen) atoms. The van der Waals surface area contributed by atoms with Crippen molar-refractivity contribution in [2.45, 2.75) is 4.90 Å². The molecule has 0 unspecified atom stereocenters. The van der Waals surface area contributed by atoms with Gasteiger partial charge in [-0.15, -0.1) is 0 Å². The van der Waals surface area contributed by atoms with Crippen molar-refractivity contribution in [2.75, 3.05) is 13.7 Å². The van der Waals surface area contributed by atoms with Crippen molar-refractivity contribution in [2.24, 2.45) is 0 Å². The number of hydrogen-bond acceptors (Lipinski definition) is 7. The SMILES string of the molecule is COC(=O)COc1ccc([N+](=O)[O-])cc1S(=O)(=O)Cl.